The molecule has 0 unspecified atom stereocenters. The number of amides is 1. The molecule has 0 aliphatic heterocycles. The van der Waals surface area contributed by atoms with Crippen molar-refractivity contribution in [2.45, 2.75) is 38.6 Å². The smallest absolute Gasteiger partial charge is 0.331 e. The Morgan fingerprint density at radius 1 is 1.20 bits per heavy atom. The molecule has 8 nitrogen and oxygen atoms in total. The van der Waals surface area contributed by atoms with Gasteiger partial charge in [0.2, 0.25) is 0 Å². The summed E-state index contributed by atoms with van der Waals surface area (Å²) in [4.78, 5) is 38.1. The summed E-state index contributed by atoms with van der Waals surface area (Å²) < 4.78 is 2.18. The number of H-pyrrole nitrogens is 1. The quantitative estimate of drug-likeness (QED) is 0.812. The number of rotatable bonds is 3. The number of aromatic amines is 1. The van der Waals surface area contributed by atoms with E-state index in [1.54, 1.807) is 7.05 Å². The Hall–Kier alpha value is -2.64. The molecule has 2 heterocycles. The molecule has 134 valence electrons. The maximum Gasteiger partial charge on any atom is 0.331 e. The van der Waals surface area contributed by atoms with Crippen molar-refractivity contribution in [3.63, 3.8) is 0 Å². The third kappa shape index (κ3) is 3.16. The van der Waals surface area contributed by atoms with Gasteiger partial charge in [0, 0.05) is 32.9 Å². The van der Waals surface area contributed by atoms with Gasteiger partial charge in [-0.3, -0.25) is 23.8 Å². The lowest BCUT2D eigenvalue weighted by molar-refractivity contribution is 0.0771. The number of fused-ring (bicyclic) bond motifs is 1. The number of hydrogen-bond acceptors (Lipinski definition) is 4. The zero-order valence-corrected chi connectivity index (χ0v) is 14.8. The van der Waals surface area contributed by atoms with Gasteiger partial charge in [-0.25, -0.2) is 4.79 Å². The van der Waals surface area contributed by atoms with Crippen LogP contribution >= 0.6 is 0 Å². The van der Waals surface area contributed by atoms with E-state index in [1.807, 2.05) is 0 Å². The van der Waals surface area contributed by atoms with Gasteiger partial charge in [-0.05, 0) is 31.2 Å². The zero-order valence-electron chi connectivity index (χ0n) is 14.8. The van der Waals surface area contributed by atoms with Crippen molar-refractivity contribution in [3.05, 3.63) is 49.5 Å². The molecule has 1 aliphatic rings. The average Bonchev–Trinajstić information content (AvgIpc) is 2.82. The van der Waals surface area contributed by atoms with Crippen LogP contribution in [0.1, 0.15) is 46.7 Å². The lowest BCUT2D eigenvalue weighted by Crippen LogP contribution is -2.41. The van der Waals surface area contributed by atoms with E-state index >= 15 is 0 Å². The summed E-state index contributed by atoms with van der Waals surface area (Å²) in [5, 5.41) is 7.46. The van der Waals surface area contributed by atoms with E-state index in [9.17, 15) is 14.4 Å². The number of aromatic nitrogens is 4. The molecule has 0 bridgehead atoms. The third-order valence-electron chi connectivity index (χ3n) is 4.87. The molecule has 0 fully saturated rings. The second-order valence-electron chi connectivity index (χ2n) is 6.62. The van der Waals surface area contributed by atoms with Crippen molar-refractivity contribution in [1.29, 1.82) is 0 Å². The van der Waals surface area contributed by atoms with E-state index in [4.69, 9.17) is 0 Å². The highest BCUT2D eigenvalue weighted by atomic mass is 16.2. The lowest BCUT2D eigenvalue weighted by atomic mass is 10.1. The number of nitrogens with zero attached hydrogens (tertiary/aromatic N) is 4. The van der Waals surface area contributed by atoms with E-state index in [0.717, 1.165) is 41.6 Å². The number of aryl methyl sites for hydroxylation is 1. The van der Waals surface area contributed by atoms with E-state index in [0.29, 0.717) is 6.54 Å². The van der Waals surface area contributed by atoms with Gasteiger partial charge in [-0.15, -0.1) is 0 Å². The molecular weight excluding hydrogens is 322 g/mol. The Bertz CT molecular complexity index is 921. The van der Waals surface area contributed by atoms with Gasteiger partial charge in [-0.2, -0.15) is 5.10 Å². The lowest BCUT2D eigenvalue weighted by Gasteiger charge is -2.18. The van der Waals surface area contributed by atoms with E-state index < -0.39 is 11.2 Å². The average molecular weight is 345 g/mol. The second kappa shape index (κ2) is 6.70. The fraction of sp³-hybridized carbons (Fsp3) is 0.529. The van der Waals surface area contributed by atoms with Gasteiger partial charge < -0.3 is 4.90 Å². The predicted molar refractivity (Wildman–Crippen MR) is 92.6 cm³/mol. The van der Waals surface area contributed by atoms with Crippen LogP contribution in [0.25, 0.3) is 0 Å². The number of hydrogen-bond donors (Lipinski definition) is 1. The van der Waals surface area contributed by atoms with Crippen molar-refractivity contribution in [3.8, 4) is 0 Å². The highest BCUT2D eigenvalue weighted by Crippen LogP contribution is 2.22. The van der Waals surface area contributed by atoms with Crippen LogP contribution < -0.4 is 11.2 Å². The molecule has 0 atom stereocenters. The Labute approximate surface area is 145 Å². The minimum Gasteiger partial charge on any atom is -0.334 e. The number of nitrogens with one attached hydrogen (secondary N) is 1. The first-order valence-corrected chi connectivity index (χ1v) is 8.47. The van der Waals surface area contributed by atoms with Crippen molar-refractivity contribution < 1.29 is 4.79 Å². The Balaban J connectivity index is 1.86. The highest BCUT2D eigenvalue weighted by molar-refractivity contribution is 5.92. The molecule has 3 rings (SSSR count). The largest absolute Gasteiger partial charge is 0.334 e. The summed E-state index contributed by atoms with van der Waals surface area (Å²) >= 11 is 0. The molecule has 1 aliphatic carbocycles. The predicted octanol–water partition coefficient (Wildman–Crippen LogP) is 0.348. The first-order valence-electron chi connectivity index (χ1n) is 8.47. The summed E-state index contributed by atoms with van der Waals surface area (Å²) in [5.41, 5.74) is 2.30. The standard InChI is InChI=1S/C17H23N5O3/c1-20(10-13-11-7-5-4-6-8-12(11)18-19-13)16(24)14-9-15(23)22(3)17(25)21(14)2/h9H,4-8,10H2,1-3H3,(H,18,19). The van der Waals surface area contributed by atoms with E-state index in [2.05, 4.69) is 10.2 Å². The zero-order chi connectivity index (χ0) is 18.1. The molecule has 0 spiro atoms. The molecule has 0 radical (unpaired) electrons. The van der Waals surface area contributed by atoms with Crippen LogP contribution in [-0.4, -0.2) is 37.2 Å². The molecule has 1 N–H and O–H groups in total. The molecule has 0 saturated carbocycles. The molecule has 2 aromatic rings. The van der Waals surface area contributed by atoms with Gasteiger partial charge in [0.25, 0.3) is 11.5 Å². The van der Waals surface area contributed by atoms with Gasteiger partial charge in [-0.1, -0.05) is 6.42 Å². The molecular formula is C17H23N5O3. The third-order valence-corrected chi connectivity index (χ3v) is 4.87. The summed E-state index contributed by atoms with van der Waals surface area (Å²) in [6.45, 7) is 0.341. The molecule has 1 amide bonds. The summed E-state index contributed by atoms with van der Waals surface area (Å²) in [7, 11) is 4.53. The number of carbonyl (C=O) groups excluding carboxylic acids is 1. The Kier molecular flexibility index (Phi) is 4.61. The van der Waals surface area contributed by atoms with Crippen LogP contribution in [-0.2, 0) is 33.5 Å². The minimum atomic E-state index is -0.516. The van der Waals surface area contributed by atoms with E-state index in [1.165, 1.54) is 41.6 Å². The Morgan fingerprint density at radius 2 is 1.92 bits per heavy atom. The monoisotopic (exact) mass is 345 g/mol. The maximum atomic E-state index is 12.7. The molecule has 0 saturated heterocycles. The molecule has 8 heteroatoms. The van der Waals surface area contributed by atoms with Gasteiger partial charge >= 0.3 is 5.69 Å². The summed E-state index contributed by atoms with van der Waals surface area (Å²) in [6.07, 6.45) is 5.43. The van der Waals surface area contributed by atoms with Crippen molar-refractivity contribution in [1.82, 2.24) is 24.2 Å². The summed E-state index contributed by atoms with van der Waals surface area (Å²) in [5.74, 6) is -0.373. The topological polar surface area (TPSA) is 93.0 Å². The van der Waals surface area contributed by atoms with Crippen molar-refractivity contribution >= 4 is 5.91 Å². The fourth-order valence-corrected chi connectivity index (χ4v) is 3.29. The maximum absolute atomic E-state index is 12.7. The SMILES string of the molecule is CN(Cc1n[nH]c2c1CCCCC2)C(=O)c1cc(=O)n(C)c(=O)n1C. The van der Waals surface area contributed by atoms with Crippen LogP contribution in [0.15, 0.2) is 15.7 Å². The van der Waals surface area contributed by atoms with Gasteiger partial charge in [0.15, 0.2) is 0 Å². The van der Waals surface area contributed by atoms with Crippen LogP contribution in [0.4, 0.5) is 0 Å². The van der Waals surface area contributed by atoms with Crippen LogP contribution in [0.5, 0.6) is 0 Å². The van der Waals surface area contributed by atoms with Crippen molar-refractivity contribution in [2.24, 2.45) is 14.1 Å². The minimum absolute atomic E-state index is 0.0808. The summed E-state index contributed by atoms with van der Waals surface area (Å²) in [6, 6.07) is 1.20. The van der Waals surface area contributed by atoms with E-state index in [-0.39, 0.29) is 11.6 Å². The Morgan fingerprint density at radius 3 is 2.68 bits per heavy atom. The van der Waals surface area contributed by atoms with Crippen LogP contribution in [0.3, 0.4) is 0 Å². The fourth-order valence-electron chi connectivity index (χ4n) is 3.29. The molecule has 25 heavy (non-hydrogen) atoms. The van der Waals surface area contributed by atoms with Gasteiger partial charge in [0.05, 0.1) is 12.2 Å². The highest BCUT2D eigenvalue weighted by Gasteiger charge is 2.21. The number of carbonyl (C=O) groups is 1. The first kappa shape index (κ1) is 17.2. The molecule has 0 aromatic carbocycles. The van der Waals surface area contributed by atoms with Crippen LogP contribution in [0, 0.1) is 0 Å². The second-order valence-corrected chi connectivity index (χ2v) is 6.62. The van der Waals surface area contributed by atoms with Gasteiger partial charge in [0.1, 0.15) is 5.69 Å². The molecule has 2 aromatic heterocycles. The van der Waals surface area contributed by atoms with Crippen LogP contribution in [0.2, 0.25) is 0 Å². The normalized spacial score (nSPS) is 14.0. The van der Waals surface area contributed by atoms with Crippen molar-refractivity contribution in [2.75, 3.05) is 7.05 Å². The first-order chi connectivity index (χ1) is 11.9.